The minimum absolute atomic E-state index is 0.0198. The molecular formula is C26H28N2O3S. The second-order valence-corrected chi connectivity index (χ2v) is 10.6. The maximum absolute atomic E-state index is 13.3. The van der Waals surface area contributed by atoms with Crippen molar-refractivity contribution in [3.63, 3.8) is 0 Å². The Bertz CT molecular complexity index is 1190. The summed E-state index contributed by atoms with van der Waals surface area (Å²) in [5.74, 6) is 0.539. The van der Waals surface area contributed by atoms with Crippen LogP contribution in [0, 0.1) is 5.92 Å². The van der Waals surface area contributed by atoms with E-state index in [9.17, 15) is 14.7 Å². The highest BCUT2D eigenvalue weighted by Gasteiger charge is 2.32. The predicted molar refractivity (Wildman–Crippen MR) is 127 cm³/mol. The van der Waals surface area contributed by atoms with Gasteiger partial charge in [-0.25, -0.2) is 4.98 Å². The van der Waals surface area contributed by atoms with Crippen LogP contribution >= 0.6 is 11.3 Å². The number of nitrogens with zero attached hydrogens (tertiary/aromatic N) is 2. The first-order valence-corrected chi connectivity index (χ1v) is 12.2. The van der Waals surface area contributed by atoms with E-state index in [1.165, 1.54) is 0 Å². The highest BCUT2D eigenvalue weighted by Crippen LogP contribution is 2.42. The normalized spacial score (nSPS) is 21.6. The lowest BCUT2D eigenvalue weighted by atomic mass is 9.83. The van der Waals surface area contributed by atoms with Crippen LogP contribution in [0.5, 0.6) is 0 Å². The van der Waals surface area contributed by atoms with Crippen LogP contribution in [0.4, 0.5) is 5.69 Å². The SMILES string of the molecule is CC(C)(O)c1cc2nc([C@H]3CC[C@H](C=O)CC3)sc2cc1N1CCc2ccccc2C1=O. The third-order valence-electron chi connectivity index (χ3n) is 6.88. The Morgan fingerprint density at radius 3 is 2.62 bits per heavy atom. The molecule has 0 atom stereocenters. The van der Waals surface area contributed by atoms with Gasteiger partial charge >= 0.3 is 0 Å². The molecule has 1 aliphatic heterocycles. The fourth-order valence-corrected chi connectivity index (χ4v) is 6.18. The van der Waals surface area contributed by atoms with Gasteiger partial charge in [-0.2, -0.15) is 0 Å². The molecule has 0 radical (unpaired) electrons. The number of hydrogen-bond donors (Lipinski definition) is 1. The van der Waals surface area contributed by atoms with Crippen molar-refractivity contribution in [3.8, 4) is 0 Å². The Hall–Kier alpha value is -2.57. The summed E-state index contributed by atoms with van der Waals surface area (Å²) in [7, 11) is 0. The Labute approximate surface area is 192 Å². The van der Waals surface area contributed by atoms with Gasteiger partial charge in [0.05, 0.1) is 26.5 Å². The van der Waals surface area contributed by atoms with Gasteiger partial charge in [-0.1, -0.05) is 18.2 Å². The summed E-state index contributed by atoms with van der Waals surface area (Å²) < 4.78 is 1.03. The van der Waals surface area contributed by atoms with Crippen molar-refractivity contribution in [1.82, 2.24) is 4.98 Å². The molecule has 166 valence electrons. The molecule has 2 heterocycles. The summed E-state index contributed by atoms with van der Waals surface area (Å²) >= 11 is 1.68. The topological polar surface area (TPSA) is 70.5 Å². The third-order valence-corrected chi connectivity index (χ3v) is 8.06. The van der Waals surface area contributed by atoms with E-state index in [1.807, 2.05) is 41.3 Å². The molecule has 6 heteroatoms. The monoisotopic (exact) mass is 448 g/mol. The maximum atomic E-state index is 13.3. The van der Waals surface area contributed by atoms with Crippen LogP contribution in [0.25, 0.3) is 10.2 Å². The van der Waals surface area contributed by atoms with E-state index in [0.29, 0.717) is 12.5 Å². The van der Waals surface area contributed by atoms with E-state index in [2.05, 4.69) is 0 Å². The van der Waals surface area contributed by atoms with Crippen LogP contribution in [0.3, 0.4) is 0 Å². The third kappa shape index (κ3) is 3.76. The molecule has 0 bridgehead atoms. The molecule has 0 spiro atoms. The Morgan fingerprint density at radius 2 is 1.91 bits per heavy atom. The van der Waals surface area contributed by atoms with Crippen molar-refractivity contribution in [2.45, 2.75) is 57.5 Å². The maximum Gasteiger partial charge on any atom is 0.258 e. The van der Waals surface area contributed by atoms with Gasteiger partial charge in [0.2, 0.25) is 0 Å². The van der Waals surface area contributed by atoms with Gasteiger partial charge in [0.25, 0.3) is 5.91 Å². The van der Waals surface area contributed by atoms with Crippen LogP contribution in [0.15, 0.2) is 36.4 Å². The van der Waals surface area contributed by atoms with Gasteiger partial charge in [-0.3, -0.25) is 4.79 Å². The van der Waals surface area contributed by atoms with E-state index in [4.69, 9.17) is 4.98 Å². The largest absolute Gasteiger partial charge is 0.386 e. The quantitative estimate of drug-likeness (QED) is 0.557. The summed E-state index contributed by atoms with van der Waals surface area (Å²) in [5.41, 5.74) is 3.06. The van der Waals surface area contributed by atoms with Gasteiger partial charge in [0.15, 0.2) is 0 Å². The fourth-order valence-electron chi connectivity index (χ4n) is 5.03. The number of amides is 1. The second kappa shape index (κ2) is 8.09. The van der Waals surface area contributed by atoms with Gasteiger partial charge in [0.1, 0.15) is 6.29 Å². The summed E-state index contributed by atoms with van der Waals surface area (Å²) in [6.45, 7) is 4.10. The van der Waals surface area contributed by atoms with E-state index < -0.39 is 5.60 Å². The summed E-state index contributed by atoms with van der Waals surface area (Å²) in [5, 5.41) is 12.1. The molecule has 5 rings (SSSR count). The molecule has 2 aliphatic rings. The average molecular weight is 449 g/mol. The molecule has 5 nitrogen and oxygen atoms in total. The number of fused-ring (bicyclic) bond motifs is 2. The minimum atomic E-state index is -1.10. The number of aliphatic hydroxyl groups is 1. The number of anilines is 1. The zero-order chi connectivity index (χ0) is 22.5. The number of rotatable bonds is 4. The number of carbonyl (C=O) groups excluding carboxylic acids is 2. The number of thiazole rings is 1. The van der Waals surface area contributed by atoms with Crippen molar-refractivity contribution in [2.24, 2.45) is 5.92 Å². The molecule has 3 aromatic rings. The zero-order valence-corrected chi connectivity index (χ0v) is 19.3. The molecule has 1 aromatic heterocycles. The molecule has 0 unspecified atom stereocenters. The molecule has 1 amide bonds. The van der Waals surface area contributed by atoms with Gasteiger partial charge in [0, 0.05) is 29.5 Å². The van der Waals surface area contributed by atoms with E-state index in [1.54, 1.807) is 25.2 Å². The van der Waals surface area contributed by atoms with Crippen molar-refractivity contribution in [2.75, 3.05) is 11.4 Å². The van der Waals surface area contributed by atoms with Gasteiger partial charge < -0.3 is 14.8 Å². The Morgan fingerprint density at radius 1 is 1.16 bits per heavy atom. The Balaban J connectivity index is 1.55. The van der Waals surface area contributed by atoms with Crippen LogP contribution in [-0.2, 0) is 16.8 Å². The molecular weight excluding hydrogens is 420 g/mol. The number of carbonyl (C=O) groups is 2. The summed E-state index contributed by atoms with van der Waals surface area (Å²) in [4.78, 5) is 31.2. The molecule has 1 N–H and O–H groups in total. The lowest BCUT2D eigenvalue weighted by molar-refractivity contribution is -0.111. The lowest BCUT2D eigenvalue weighted by Crippen LogP contribution is -2.39. The smallest absolute Gasteiger partial charge is 0.258 e. The first-order chi connectivity index (χ1) is 15.3. The van der Waals surface area contributed by atoms with E-state index in [0.717, 1.165) is 76.0 Å². The molecule has 1 aliphatic carbocycles. The van der Waals surface area contributed by atoms with Crippen molar-refractivity contribution in [3.05, 3.63) is 58.1 Å². The average Bonchev–Trinajstić information content (AvgIpc) is 3.21. The first kappa shape index (κ1) is 21.3. The fraction of sp³-hybridized carbons (Fsp3) is 0.423. The first-order valence-electron chi connectivity index (χ1n) is 11.4. The standard InChI is InChI=1S/C26H28N2O3S/c1-26(2,31)20-13-21-23(32-24(27-21)18-9-7-16(15-29)8-10-18)14-22(20)28-12-11-17-5-3-4-6-19(17)25(28)30/h3-6,13-16,18,31H,7-12H2,1-2H3/t16-,18-. The number of benzene rings is 2. The van der Waals surface area contributed by atoms with Gasteiger partial charge in [-0.15, -0.1) is 11.3 Å². The van der Waals surface area contributed by atoms with E-state index in [-0.39, 0.29) is 11.8 Å². The Kier molecular flexibility index (Phi) is 5.38. The van der Waals surface area contributed by atoms with E-state index >= 15 is 0 Å². The van der Waals surface area contributed by atoms with Crippen molar-refractivity contribution >= 4 is 39.4 Å². The van der Waals surface area contributed by atoms with Crippen LogP contribution in [0.1, 0.15) is 71.9 Å². The molecule has 1 saturated carbocycles. The van der Waals surface area contributed by atoms with Crippen LogP contribution < -0.4 is 4.90 Å². The van der Waals surface area contributed by atoms with Crippen molar-refractivity contribution in [1.29, 1.82) is 0 Å². The highest BCUT2D eigenvalue weighted by molar-refractivity contribution is 7.18. The second-order valence-electron chi connectivity index (χ2n) is 9.56. The predicted octanol–water partition coefficient (Wildman–Crippen LogP) is 5.20. The van der Waals surface area contributed by atoms with Crippen LogP contribution in [0.2, 0.25) is 0 Å². The number of aldehydes is 1. The molecule has 1 fully saturated rings. The number of aromatic nitrogens is 1. The lowest BCUT2D eigenvalue weighted by Gasteiger charge is -2.33. The molecule has 2 aromatic carbocycles. The minimum Gasteiger partial charge on any atom is -0.386 e. The summed E-state index contributed by atoms with van der Waals surface area (Å²) in [6.07, 6.45) is 5.69. The van der Waals surface area contributed by atoms with Crippen LogP contribution in [-0.4, -0.2) is 28.8 Å². The van der Waals surface area contributed by atoms with Crippen molar-refractivity contribution < 1.29 is 14.7 Å². The summed E-state index contributed by atoms with van der Waals surface area (Å²) in [6, 6.07) is 11.8. The molecule has 32 heavy (non-hydrogen) atoms. The number of hydrogen-bond acceptors (Lipinski definition) is 5. The zero-order valence-electron chi connectivity index (χ0n) is 18.5. The highest BCUT2D eigenvalue weighted by atomic mass is 32.1. The molecule has 0 saturated heterocycles. The van der Waals surface area contributed by atoms with Gasteiger partial charge in [-0.05, 0) is 69.7 Å².